The number of hydrogen-bond donors (Lipinski definition) is 1. The lowest BCUT2D eigenvalue weighted by Crippen LogP contribution is -2.27. The molecule has 0 bridgehead atoms. The van der Waals surface area contributed by atoms with Crippen LogP contribution < -0.4 is 14.8 Å². The van der Waals surface area contributed by atoms with E-state index in [1.807, 2.05) is 0 Å². The Bertz CT molecular complexity index is 1470. The number of methoxy groups -OCH3 is 1. The van der Waals surface area contributed by atoms with Gasteiger partial charge in [-0.3, -0.25) is 19.3 Å². The summed E-state index contributed by atoms with van der Waals surface area (Å²) in [6, 6.07) is 13.7. The molecule has 0 atom stereocenters. The van der Waals surface area contributed by atoms with Gasteiger partial charge < -0.3 is 14.8 Å². The summed E-state index contributed by atoms with van der Waals surface area (Å²) in [5, 5.41) is 2.81. The van der Waals surface area contributed by atoms with Crippen LogP contribution in [0.3, 0.4) is 0 Å². The van der Waals surface area contributed by atoms with E-state index in [-0.39, 0.29) is 23.1 Å². The predicted molar refractivity (Wildman–Crippen MR) is 149 cm³/mol. The number of nitrogens with one attached hydrogen (secondary N) is 1. The van der Waals surface area contributed by atoms with E-state index in [4.69, 9.17) is 32.7 Å². The molecule has 1 heterocycles. The molecule has 0 saturated carbocycles. The van der Waals surface area contributed by atoms with Crippen LogP contribution in [0, 0.1) is 5.82 Å². The number of hydrogen-bond acceptors (Lipinski definition) is 6. The Morgan fingerprint density at radius 2 is 1.87 bits per heavy atom. The van der Waals surface area contributed by atoms with E-state index in [1.54, 1.807) is 42.5 Å². The largest absolute Gasteiger partial charge is 0.493 e. The van der Waals surface area contributed by atoms with Crippen molar-refractivity contribution in [2.24, 2.45) is 0 Å². The Kier molecular flexibility index (Phi) is 8.99. The number of amides is 3. The van der Waals surface area contributed by atoms with Crippen molar-refractivity contribution < 1.29 is 28.2 Å². The lowest BCUT2D eigenvalue weighted by molar-refractivity contribution is -0.123. The molecular weight excluding hydrogens is 622 g/mol. The molecule has 12 heteroatoms. The summed E-state index contributed by atoms with van der Waals surface area (Å²) >= 11 is 16.2. The van der Waals surface area contributed by atoms with Crippen molar-refractivity contribution in [2.75, 3.05) is 19.0 Å². The Balaban J connectivity index is 1.42. The topological polar surface area (TPSA) is 84.9 Å². The molecule has 3 aromatic carbocycles. The van der Waals surface area contributed by atoms with Crippen LogP contribution in [0.1, 0.15) is 11.1 Å². The average Bonchev–Trinajstić information content (AvgIpc) is 3.14. The van der Waals surface area contributed by atoms with E-state index >= 15 is 0 Å². The van der Waals surface area contributed by atoms with E-state index in [0.29, 0.717) is 37.8 Å². The van der Waals surface area contributed by atoms with Gasteiger partial charge in [0, 0.05) is 15.2 Å². The number of halogens is 4. The van der Waals surface area contributed by atoms with Gasteiger partial charge in [0.2, 0.25) is 0 Å². The Morgan fingerprint density at radius 1 is 1.08 bits per heavy atom. The molecule has 3 aromatic rings. The van der Waals surface area contributed by atoms with Crippen LogP contribution in [0.4, 0.5) is 14.9 Å². The number of rotatable bonds is 8. The maximum Gasteiger partial charge on any atom is 0.293 e. The van der Waals surface area contributed by atoms with Crippen LogP contribution in [0.2, 0.25) is 10.0 Å². The van der Waals surface area contributed by atoms with Gasteiger partial charge in [-0.05, 0) is 87.4 Å². The van der Waals surface area contributed by atoms with Gasteiger partial charge in [-0.2, -0.15) is 0 Å². The van der Waals surface area contributed by atoms with Crippen LogP contribution in [0.25, 0.3) is 6.08 Å². The van der Waals surface area contributed by atoms with Gasteiger partial charge in [-0.25, -0.2) is 4.39 Å². The minimum atomic E-state index is -0.510. The van der Waals surface area contributed by atoms with Gasteiger partial charge in [-0.1, -0.05) is 35.3 Å². The van der Waals surface area contributed by atoms with Crippen LogP contribution in [0.15, 0.2) is 64.0 Å². The van der Waals surface area contributed by atoms with Gasteiger partial charge in [0.1, 0.15) is 5.82 Å². The van der Waals surface area contributed by atoms with E-state index in [1.165, 1.54) is 19.2 Å². The molecule has 0 aromatic heterocycles. The van der Waals surface area contributed by atoms with E-state index in [2.05, 4.69) is 21.2 Å². The van der Waals surface area contributed by atoms with E-state index < -0.39 is 22.9 Å². The van der Waals surface area contributed by atoms with Gasteiger partial charge in [-0.15, -0.1) is 0 Å². The zero-order valence-electron chi connectivity index (χ0n) is 19.6. The maximum atomic E-state index is 13.3. The fourth-order valence-electron chi connectivity index (χ4n) is 3.42. The second-order valence-electron chi connectivity index (χ2n) is 7.88. The number of benzene rings is 3. The molecule has 1 fully saturated rings. The Hall–Kier alpha value is -3.05. The van der Waals surface area contributed by atoms with Crippen molar-refractivity contribution in [3.63, 3.8) is 0 Å². The van der Waals surface area contributed by atoms with Crippen LogP contribution >= 0.6 is 50.9 Å². The van der Waals surface area contributed by atoms with Crippen LogP contribution in [-0.4, -0.2) is 35.7 Å². The monoisotopic (exact) mass is 638 g/mol. The summed E-state index contributed by atoms with van der Waals surface area (Å²) < 4.78 is 25.0. The zero-order chi connectivity index (χ0) is 27.4. The fraction of sp³-hybridized carbons (Fsp3) is 0.115. The number of imide groups is 1. The molecule has 1 aliphatic heterocycles. The molecule has 1 aliphatic rings. The zero-order valence-corrected chi connectivity index (χ0v) is 23.5. The minimum absolute atomic E-state index is 0.0776. The molecule has 0 aliphatic carbocycles. The molecule has 38 heavy (non-hydrogen) atoms. The van der Waals surface area contributed by atoms with Crippen LogP contribution in [0.5, 0.6) is 11.5 Å². The maximum absolute atomic E-state index is 13.3. The summed E-state index contributed by atoms with van der Waals surface area (Å²) in [7, 11) is 1.44. The lowest BCUT2D eigenvalue weighted by Gasteiger charge is -2.13. The van der Waals surface area contributed by atoms with Gasteiger partial charge in [0.15, 0.2) is 18.1 Å². The summed E-state index contributed by atoms with van der Waals surface area (Å²) in [6.45, 7) is -0.361. The van der Waals surface area contributed by atoms with Crippen molar-refractivity contribution in [1.29, 1.82) is 0 Å². The molecule has 3 amide bonds. The van der Waals surface area contributed by atoms with E-state index in [0.717, 1.165) is 22.7 Å². The highest BCUT2D eigenvalue weighted by Crippen LogP contribution is 2.36. The number of carbonyl (C=O) groups excluding carboxylic acids is 3. The van der Waals surface area contributed by atoms with E-state index in [9.17, 15) is 18.8 Å². The summed E-state index contributed by atoms with van der Waals surface area (Å²) in [6.07, 6.45) is 1.55. The first-order chi connectivity index (χ1) is 18.1. The highest BCUT2D eigenvalue weighted by Gasteiger charge is 2.35. The predicted octanol–water partition coefficient (Wildman–Crippen LogP) is 7.16. The van der Waals surface area contributed by atoms with Gasteiger partial charge >= 0.3 is 0 Å². The summed E-state index contributed by atoms with van der Waals surface area (Å²) in [5.74, 6) is -0.763. The van der Waals surface area contributed by atoms with Crippen molar-refractivity contribution in [2.45, 2.75) is 6.54 Å². The number of anilines is 1. The van der Waals surface area contributed by atoms with Crippen molar-refractivity contribution in [3.8, 4) is 11.5 Å². The summed E-state index contributed by atoms with van der Waals surface area (Å²) in [5.41, 5.74) is 1.55. The molecule has 4 rings (SSSR count). The fourth-order valence-corrected chi connectivity index (χ4v) is 4.91. The molecule has 0 radical (unpaired) electrons. The molecule has 0 spiro atoms. The third kappa shape index (κ3) is 6.68. The quantitative estimate of drug-likeness (QED) is 0.263. The third-order valence-electron chi connectivity index (χ3n) is 5.26. The van der Waals surface area contributed by atoms with Gasteiger partial charge in [0.05, 0.1) is 23.6 Å². The SMILES string of the molecule is COc1cc(/C=C2/SC(=O)N(Cc3ccc(F)cc3Cl)C2=O)ccc1OCC(=O)Nc1ccc(Br)c(Cl)c1. The number of thioether (sulfide) groups is 1. The smallest absolute Gasteiger partial charge is 0.293 e. The molecule has 1 N–H and O–H groups in total. The number of carbonyl (C=O) groups is 3. The molecule has 0 unspecified atom stereocenters. The van der Waals surface area contributed by atoms with Crippen molar-refractivity contribution in [3.05, 3.63) is 91.0 Å². The lowest BCUT2D eigenvalue weighted by atomic mass is 10.1. The second kappa shape index (κ2) is 12.2. The summed E-state index contributed by atoms with van der Waals surface area (Å²) in [4.78, 5) is 38.9. The number of ether oxygens (including phenoxy) is 2. The minimum Gasteiger partial charge on any atom is -0.493 e. The highest BCUT2D eigenvalue weighted by molar-refractivity contribution is 9.10. The standard InChI is InChI=1S/C26H18BrCl2FN2O5S/c1-36-22-8-14(2-7-21(22)37-13-24(33)31-17-5-6-18(27)20(29)11-17)9-23-25(34)32(26(35)38-23)12-15-3-4-16(30)10-19(15)28/h2-11H,12-13H2,1H3,(H,31,33)/b23-9+. The van der Waals surface area contributed by atoms with Crippen molar-refractivity contribution in [1.82, 2.24) is 4.90 Å². The average molecular weight is 640 g/mol. The Labute approximate surface area is 240 Å². The first-order valence-corrected chi connectivity index (χ1v) is 13.3. The highest BCUT2D eigenvalue weighted by atomic mass is 79.9. The third-order valence-corrected chi connectivity index (χ3v) is 7.76. The van der Waals surface area contributed by atoms with Gasteiger partial charge in [0.25, 0.3) is 17.1 Å². The van der Waals surface area contributed by atoms with Crippen LogP contribution in [-0.2, 0) is 16.1 Å². The first kappa shape index (κ1) is 28.0. The second-order valence-corrected chi connectivity index (χ2v) is 10.5. The molecular formula is C26H18BrCl2FN2O5S. The Morgan fingerprint density at radius 3 is 2.58 bits per heavy atom. The molecule has 196 valence electrons. The van der Waals surface area contributed by atoms with Crippen molar-refractivity contribution >= 4 is 79.7 Å². The molecule has 1 saturated heterocycles. The molecule has 7 nitrogen and oxygen atoms in total. The normalized spacial score (nSPS) is 14.2. The number of nitrogens with zero attached hydrogens (tertiary/aromatic N) is 1. The first-order valence-electron chi connectivity index (χ1n) is 10.9.